The van der Waals surface area contributed by atoms with Crippen LogP contribution in [0.1, 0.15) is 10.4 Å². The first-order valence-electron chi connectivity index (χ1n) is 6.07. The summed E-state index contributed by atoms with van der Waals surface area (Å²) in [5.41, 5.74) is 1.94. The molecular weight excluding hydrogens is 272 g/mol. The zero-order chi connectivity index (χ0) is 13.9. The Morgan fingerprint density at radius 2 is 2.40 bits per heavy atom. The number of hydrogen-bond acceptors (Lipinski definition) is 4. The van der Waals surface area contributed by atoms with Gasteiger partial charge in [0.25, 0.3) is 5.91 Å². The highest BCUT2D eigenvalue weighted by Crippen LogP contribution is 2.25. The van der Waals surface area contributed by atoms with Gasteiger partial charge in [0.15, 0.2) is 5.65 Å². The molecule has 0 spiro atoms. The number of fused-ring (bicyclic) bond motifs is 1. The summed E-state index contributed by atoms with van der Waals surface area (Å²) >= 11 is 1.62. The van der Waals surface area contributed by atoms with Crippen molar-refractivity contribution in [1.29, 1.82) is 0 Å². The molecule has 0 atom stereocenters. The van der Waals surface area contributed by atoms with Crippen LogP contribution in [0.25, 0.3) is 16.2 Å². The van der Waals surface area contributed by atoms with Crippen LogP contribution < -0.4 is 5.32 Å². The summed E-state index contributed by atoms with van der Waals surface area (Å²) in [5.74, 6) is -0.198. The fourth-order valence-corrected chi connectivity index (χ4v) is 2.66. The highest BCUT2D eigenvalue weighted by Gasteiger charge is 2.15. The van der Waals surface area contributed by atoms with E-state index in [-0.39, 0.29) is 5.91 Å². The molecule has 0 bridgehead atoms. The average Bonchev–Trinajstić information content (AvgIpc) is 3.13. The van der Waals surface area contributed by atoms with Crippen LogP contribution in [0.5, 0.6) is 0 Å². The van der Waals surface area contributed by atoms with E-state index in [0.717, 1.165) is 10.6 Å². The third-order valence-corrected chi connectivity index (χ3v) is 3.72. The lowest BCUT2D eigenvalue weighted by molar-refractivity contribution is 0.0959. The molecule has 100 valence electrons. The highest BCUT2D eigenvalue weighted by molar-refractivity contribution is 7.13. The normalized spacial score (nSPS) is 10.6. The zero-order valence-electron chi connectivity index (χ0n) is 10.6. The summed E-state index contributed by atoms with van der Waals surface area (Å²) in [4.78, 5) is 17.4. The Morgan fingerprint density at radius 1 is 1.50 bits per heavy atom. The molecule has 0 aromatic carbocycles. The maximum Gasteiger partial charge on any atom is 0.257 e. The van der Waals surface area contributed by atoms with Gasteiger partial charge >= 0.3 is 0 Å². The van der Waals surface area contributed by atoms with Gasteiger partial charge in [-0.05, 0) is 17.5 Å². The molecule has 6 heteroatoms. The van der Waals surface area contributed by atoms with E-state index in [4.69, 9.17) is 0 Å². The van der Waals surface area contributed by atoms with Gasteiger partial charge in [-0.1, -0.05) is 12.1 Å². The summed E-state index contributed by atoms with van der Waals surface area (Å²) in [6, 6.07) is 5.88. The molecule has 3 aromatic rings. The van der Waals surface area contributed by atoms with E-state index in [1.807, 2.05) is 23.6 Å². The molecular formula is C14H12N4OS. The molecule has 0 saturated heterocycles. The van der Waals surface area contributed by atoms with Gasteiger partial charge in [-0.25, -0.2) is 9.50 Å². The summed E-state index contributed by atoms with van der Waals surface area (Å²) in [6.45, 7) is 3.99. The van der Waals surface area contributed by atoms with E-state index in [1.165, 1.54) is 6.20 Å². The lowest BCUT2D eigenvalue weighted by Gasteiger charge is -2.03. The van der Waals surface area contributed by atoms with Crippen LogP contribution in [0.4, 0.5) is 0 Å². The first-order chi connectivity index (χ1) is 9.81. The van der Waals surface area contributed by atoms with Crippen LogP contribution in [-0.2, 0) is 0 Å². The molecule has 3 heterocycles. The van der Waals surface area contributed by atoms with E-state index in [0.29, 0.717) is 17.8 Å². The minimum absolute atomic E-state index is 0.198. The Balaban J connectivity index is 2.08. The SMILES string of the molecule is C=CCNC(=O)c1cnn2c(-c3cccs3)ccnc12. The quantitative estimate of drug-likeness (QED) is 0.748. The van der Waals surface area contributed by atoms with Crippen molar-refractivity contribution in [3.63, 3.8) is 0 Å². The van der Waals surface area contributed by atoms with Crippen molar-refractivity contribution < 1.29 is 4.79 Å². The predicted octanol–water partition coefficient (Wildman–Crippen LogP) is 2.37. The van der Waals surface area contributed by atoms with Crippen LogP contribution in [0, 0.1) is 0 Å². The van der Waals surface area contributed by atoms with E-state index in [1.54, 1.807) is 28.1 Å². The van der Waals surface area contributed by atoms with Gasteiger partial charge in [0.1, 0.15) is 5.56 Å². The number of nitrogens with zero attached hydrogens (tertiary/aromatic N) is 3. The smallest absolute Gasteiger partial charge is 0.257 e. The summed E-state index contributed by atoms with van der Waals surface area (Å²) in [7, 11) is 0. The number of carbonyl (C=O) groups excluding carboxylic acids is 1. The minimum atomic E-state index is -0.198. The fraction of sp³-hybridized carbons (Fsp3) is 0.0714. The monoisotopic (exact) mass is 284 g/mol. The topological polar surface area (TPSA) is 59.3 Å². The third kappa shape index (κ3) is 2.10. The summed E-state index contributed by atoms with van der Waals surface area (Å²) < 4.78 is 1.69. The lowest BCUT2D eigenvalue weighted by atomic mass is 10.3. The van der Waals surface area contributed by atoms with Crippen molar-refractivity contribution in [2.45, 2.75) is 0 Å². The predicted molar refractivity (Wildman–Crippen MR) is 78.8 cm³/mol. The van der Waals surface area contributed by atoms with Gasteiger partial charge in [-0.2, -0.15) is 5.10 Å². The maximum absolute atomic E-state index is 12.0. The van der Waals surface area contributed by atoms with Crippen LogP contribution in [0.3, 0.4) is 0 Å². The van der Waals surface area contributed by atoms with Crippen LogP contribution in [0.2, 0.25) is 0 Å². The number of nitrogens with one attached hydrogen (secondary N) is 1. The number of aromatic nitrogens is 3. The van der Waals surface area contributed by atoms with E-state index in [9.17, 15) is 4.79 Å². The standard InChI is InChI=1S/C14H12N4OS/c1-2-6-16-14(19)10-9-17-18-11(5-7-15-13(10)18)12-4-3-8-20-12/h2-5,7-9H,1,6H2,(H,16,19). The Bertz CT molecular complexity index is 761. The zero-order valence-corrected chi connectivity index (χ0v) is 11.4. The molecule has 0 saturated carbocycles. The molecule has 1 N–H and O–H groups in total. The number of rotatable bonds is 4. The second kappa shape index (κ2) is 5.26. The second-order valence-electron chi connectivity index (χ2n) is 4.10. The van der Waals surface area contributed by atoms with Gasteiger partial charge in [-0.3, -0.25) is 4.79 Å². The van der Waals surface area contributed by atoms with Crippen LogP contribution >= 0.6 is 11.3 Å². The van der Waals surface area contributed by atoms with Crippen molar-refractivity contribution in [3.05, 3.63) is 54.2 Å². The van der Waals surface area contributed by atoms with Gasteiger partial charge < -0.3 is 5.32 Å². The minimum Gasteiger partial charge on any atom is -0.348 e. The molecule has 20 heavy (non-hydrogen) atoms. The molecule has 1 amide bonds. The van der Waals surface area contributed by atoms with E-state index >= 15 is 0 Å². The fourth-order valence-electron chi connectivity index (χ4n) is 1.92. The molecule has 0 aliphatic heterocycles. The van der Waals surface area contributed by atoms with Crippen LogP contribution in [0.15, 0.2) is 48.6 Å². The van der Waals surface area contributed by atoms with Gasteiger partial charge in [-0.15, -0.1) is 17.9 Å². The Morgan fingerprint density at radius 3 is 3.15 bits per heavy atom. The van der Waals surface area contributed by atoms with Crippen molar-refractivity contribution in [2.75, 3.05) is 6.54 Å². The van der Waals surface area contributed by atoms with Crippen LogP contribution in [-0.4, -0.2) is 27.0 Å². The molecule has 3 aromatic heterocycles. The van der Waals surface area contributed by atoms with Crippen molar-refractivity contribution in [1.82, 2.24) is 19.9 Å². The molecule has 0 aliphatic rings. The van der Waals surface area contributed by atoms with E-state index in [2.05, 4.69) is 22.0 Å². The first kappa shape index (κ1) is 12.6. The van der Waals surface area contributed by atoms with E-state index < -0.39 is 0 Å². The number of carbonyl (C=O) groups is 1. The van der Waals surface area contributed by atoms with Crippen molar-refractivity contribution in [3.8, 4) is 10.6 Å². The summed E-state index contributed by atoms with van der Waals surface area (Å²) in [6.07, 6.45) is 4.86. The molecule has 3 rings (SSSR count). The molecule has 5 nitrogen and oxygen atoms in total. The molecule has 0 fully saturated rings. The molecule has 0 radical (unpaired) electrons. The largest absolute Gasteiger partial charge is 0.348 e. The molecule has 0 unspecified atom stereocenters. The highest BCUT2D eigenvalue weighted by atomic mass is 32.1. The van der Waals surface area contributed by atoms with Crippen molar-refractivity contribution >= 4 is 22.9 Å². The number of thiophene rings is 1. The third-order valence-electron chi connectivity index (χ3n) is 2.83. The summed E-state index contributed by atoms with van der Waals surface area (Å²) in [5, 5.41) is 9.01. The van der Waals surface area contributed by atoms with Crippen molar-refractivity contribution in [2.24, 2.45) is 0 Å². The second-order valence-corrected chi connectivity index (χ2v) is 5.05. The first-order valence-corrected chi connectivity index (χ1v) is 6.95. The Hall–Kier alpha value is -2.47. The molecule has 0 aliphatic carbocycles. The maximum atomic E-state index is 12.0. The van der Waals surface area contributed by atoms with Gasteiger partial charge in [0.2, 0.25) is 0 Å². The lowest BCUT2D eigenvalue weighted by Crippen LogP contribution is -2.23. The Labute approximate surface area is 119 Å². The van der Waals surface area contributed by atoms with Gasteiger partial charge in [0.05, 0.1) is 16.8 Å². The van der Waals surface area contributed by atoms with Gasteiger partial charge in [0, 0.05) is 12.7 Å². The average molecular weight is 284 g/mol. The number of hydrogen-bond donors (Lipinski definition) is 1. The Kier molecular flexibility index (Phi) is 3.30. The number of amides is 1.